The Bertz CT molecular complexity index is 704. The van der Waals surface area contributed by atoms with E-state index in [2.05, 4.69) is 5.32 Å². The number of nitrogens with zero attached hydrogens (tertiary/aromatic N) is 1. The number of hydrogen-bond donors (Lipinski definition) is 2. The largest absolute Gasteiger partial charge is 0.480 e. The number of fused-ring (bicyclic) bond motifs is 1. The van der Waals surface area contributed by atoms with Crippen molar-refractivity contribution in [3.63, 3.8) is 0 Å². The third kappa shape index (κ3) is 3.52. The fraction of sp³-hybridized carbons (Fsp3) is 0.471. The number of ether oxygens (including phenoxy) is 2. The lowest BCUT2D eigenvalue weighted by atomic mass is 10.1. The molecule has 0 bridgehead atoms. The van der Waals surface area contributed by atoms with Crippen molar-refractivity contribution in [3.05, 3.63) is 18.2 Å². The fourth-order valence-corrected chi connectivity index (χ4v) is 3.02. The molecule has 0 saturated carbocycles. The van der Waals surface area contributed by atoms with Gasteiger partial charge in [-0.1, -0.05) is 13.3 Å². The molecule has 2 aliphatic rings. The molecule has 2 heterocycles. The van der Waals surface area contributed by atoms with Gasteiger partial charge in [-0.25, -0.2) is 4.79 Å². The highest BCUT2D eigenvalue weighted by Gasteiger charge is 2.37. The highest BCUT2D eigenvalue weighted by molar-refractivity contribution is 6.01. The Morgan fingerprint density at radius 3 is 2.84 bits per heavy atom. The summed E-state index contributed by atoms with van der Waals surface area (Å²) < 4.78 is 10.6. The van der Waals surface area contributed by atoms with Crippen LogP contribution in [0.25, 0.3) is 0 Å². The molecule has 25 heavy (non-hydrogen) atoms. The maximum Gasteiger partial charge on any atom is 0.326 e. The van der Waals surface area contributed by atoms with Crippen LogP contribution < -0.4 is 19.7 Å². The summed E-state index contributed by atoms with van der Waals surface area (Å²) in [6.45, 7) is 2.21. The molecule has 0 aromatic heterocycles. The monoisotopic (exact) mass is 348 g/mol. The van der Waals surface area contributed by atoms with E-state index in [1.165, 1.54) is 4.90 Å². The summed E-state index contributed by atoms with van der Waals surface area (Å²) >= 11 is 0. The molecule has 0 aliphatic carbocycles. The van der Waals surface area contributed by atoms with E-state index in [-0.39, 0.29) is 25.7 Å². The lowest BCUT2D eigenvalue weighted by Gasteiger charge is -2.18. The zero-order valence-electron chi connectivity index (χ0n) is 13.9. The molecule has 1 saturated heterocycles. The molecule has 8 nitrogen and oxygen atoms in total. The van der Waals surface area contributed by atoms with Gasteiger partial charge in [0.25, 0.3) is 0 Å². The van der Waals surface area contributed by atoms with Crippen LogP contribution in [0.2, 0.25) is 0 Å². The second kappa shape index (κ2) is 7.00. The van der Waals surface area contributed by atoms with Crippen LogP contribution in [0.15, 0.2) is 18.2 Å². The Kier molecular flexibility index (Phi) is 4.78. The highest BCUT2D eigenvalue weighted by Crippen LogP contribution is 2.37. The van der Waals surface area contributed by atoms with Crippen molar-refractivity contribution in [1.82, 2.24) is 5.32 Å². The Morgan fingerprint density at radius 1 is 1.36 bits per heavy atom. The number of hydrogen-bond acceptors (Lipinski definition) is 5. The Balaban J connectivity index is 1.67. The average molecular weight is 348 g/mol. The number of benzene rings is 1. The molecule has 2 unspecified atom stereocenters. The van der Waals surface area contributed by atoms with Gasteiger partial charge in [-0.3, -0.25) is 9.59 Å². The van der Waals surface area contributed by atoms with E-state index in [0.29, 0.717) is 30.0 Å². The number of carbonyl (C=O) groups is 3. The first-order chi connectivity index (χ1) is 12.0. The first-order valence-electron chi connectivity index (χ1n) is 8.22. The summed E-state index contributed by atoms with van der Waals surface area (Å²) in [6.07, 6.45) is 1.05. The molecule has 1 fully saturated rings. The van der Waals surface area contributed by atoms with E-state index in [1.54, 1.807) is 18.2 Å². The average Bonchev–Trinajstić information content (AvgIpc) is 3.19. The lowest BCUT2D eigenvalue weighted by Crippen LogP contribution is -2.44. The summed E-state index contributed by atoms with van der Waals surface area (Å²) in [5, 5.41) is 11.7. The van der Waals surface area contributed by atoms with Crippen LogP contribution in [0.4, 0.5) is 5.69 Å². The molecule has 1 aromatic carbocycles. The van der Waals surface area contributed by atoms with Crippen LogP contribution in [0.1, 0.15) is 26.2 Å². The molecular formula is C17H20N2O6. The minimum absolute atomic E-state index is 0.0543. The first kappa shape index (κ1) is 17.1. The van der Waals surface area contributed by atoms with Gasteiger partial charge in [0.2, 0.25) is 18.6 Å². The molecule has 2 N–H and O–H groups in total. The molecule has 0 spiro atoms. The van der Waals surface area contributed by atoms with Gasteiger partial charge in [-0.15, -0.1) is 0 Å². The first-order valence-corrected chi connectivity index (χ1v) is 8.22. The molecule has 2 amide bonds. The standard InChI is InChI=1S/C17H20N2O6/c1-2-3-12(17(22)23)18-16(21)10-6-15(20)19(8-10)11-4-5-13-14(7-11)25-9-24-13/h4-5,7,10,12H,2-3,6,8-9H2,1H3,(H,18,21)(H,22,23). The van der Waals surface area contributed by atoms with Gasteiger partial charge in [0, 0.05) is 24.7 Å². The fourth-order valence-electron chi connectivity index (χ4n) is 3.02. The van der Waals surface area contributed by atoms with Gasteiger partial charge in [-0.2, -0.15) is 0 Å². The molecule has 3 rings (SSSR count). The zero-order valence-corrected chi connectivity index (χ0v) is 13.9. The van der Waals surface area contributed by atoms with E-state index in [4.69, 9.17) is 14.6 Å². The SMILES string of the molecule is CCCC(NC(=O)C1CC(=O)N(c2ccc3c(c2)OCO3)C1)C(=O)O. The topological polar surface area (TPSA) is 105 Å². The van der Waals surface area contributed by atoms with E-state index >= 15 is 0 Å². The lowest BCUT2D eigenvalue weighted by molar-refractivity contribution is -0.142. The third-order valence-electron chi connectivity index (χ3n) is 4.36. The smallest absolute Gasteiger partial charge is 0.326 e. The third-order valence-corrected chi connectivity index (χ3v) is 4.36. The van der Waals surface area contributed by atoms with Gasteiger partial charge >= 0.3 is 5.97 Å². The molecule has 134 valence electrons. The second-order valence-corrected chi connectivity index (χ2v) is 6.13. The number of anilines is 1. The Morgan fingerprint density at radius 2 is 2.12 bits per heavy atom. The van der Waals surface area contributed by atoms with Crippen LogP contribution in [0.5, 0.6) is 11.5 Å². The maximum atomic E-state index is 12.3. The predicted molar refractivity (Wildman–Crippen MR) is 87.5 cm³/mol. The normalized spacial score (nSPS) is 19.8. The molecule has 8 heteroatoms. The number of carboxylic acids is 1. The number of nitrogens with one attached hydrogen (secondary N) is 1. The van der Waals surface area contributed by atoms with Crippen LogP contribution in [0.3, 0.4) is 0 Å². The van der Waals surface area contributed by atoms with Crippen LogP contribution in [0, 0.1) is 5.92 Å². The van der Waals surface area contributed by atoms with Gasteiger partial charge < -0.3 is 24.8 Å². The zero-order chi connectivity index (χ0) is 18.0. The van der Waals surface area contributed by atoms with Gasteiger partial charge in [0.15, 0.2) is 11.5 Å². The summed E-state index contributed by atoms with van der Waals surface area (Å²) in [5.74, 6) is -1.04. The number of carbonyl (C=O) groups excluding carboxylic acids is 2. The molecular weight excluding hydrogens is 328 g/mol. The predicted octanol–water partition coefficient (Wildman–Crippen LogP) is 1.14. The van der Waals surface area contributed by atoms with E-state index in [1.807, 2.05) is 6.92 Å². The van der Waals surface area contributed by atoms with Crippen LogP contribution >= 0.6 is 0 Å². The number of rotatable bonds is 6. The number of carboxylic acid groups (broad SMARTS) is 1. The summed E-state index contributed by atoms with van der Waals surface area (Å²) in [5.41, 5.74) is 0.632. The van der Waals surface area contributed by atoms with E-state index in [0.717, 1.165) is 0 Å². The molecule has 1 aromatic rings. The molecule has 2 aliphatic heterocycles. The van der Waals surface area contributed by atoms with Crippen molar-refractivity contribution < 1.29 is 29.0 Å². The van der Waals surface area contributed by atoms with Crippen molar-refractivity contribution in [2.24, 2.45) is 5.92 Å². The van der Waals surface area contributed by atoms with Gasteiger partial charge in [0.05, 0.1) is 5.92 Å². The second-order valence-electron chi connectivity index (χ2n) is 6.13. The van der Waals surface area contributed by atoms with Crippen molar-refractivity contribution in [2.45, 2.75) is 32.2 Å². The summed E-state index contributed by atoms with van der Waals surface area (Å²) in [4.78, 5) is 37.3. The molecule has 2 atom stereocenters. The molecule has 0 radical (unpaired) electrons. The van der Waals surface area contributed by atoms with Gasteiger partial charge in [-0.05, 0) is 18.6 Å². The van der Waals surface area contributed by atoms with Crippen molar-refractivity contribution in [2.75, 3.05) is 18.2 Å². The van der Waals surface area contributed by atoms with E-state index in [9.17, 15) is 14.4 Å². The van der Waals surface area contributed by atoms with Crippen LogP contribution in [-0.2, 0) is 14.4 Å². The van der Waals surface area contributed by atoms with Crippen molar-refractivity contribution in [1.29, 1.82) is 0 Å². The van der Waals surface area contributed by atoms with Gasteiger partial charge in [0.1, 0.15) is 6.04 Å². The minimum Gasteiger partial charge on any atom is -0.480 e. The Hall–Kier alpha value is -2.77. The van der Waals surface area contributed by atoms with E-state index < -0.39 is 23.8 Å². The number of aliphatic carboxylic acids is 1. The quantitative estimate of drug-likeness (QED) is 0.799. The van der Waals surface area contributed by atoms with Crippen molar-refractivity contribution >= 4 is 23.5 Å². The van der Waals surface area contributed by atoms with Crippen LogP contribution in [-0.4, -0.2) is 42.3 Å². The summed E-state index contributed by atoms with van der Waals surface area (Å²) in [6, 6.07) is 4.24. The Labute approximate surface area is 144 Å². The van der Waals surface area contributed by atoms with Crippen molar-refractivity contribution in [3.8, 4) is 11.5 Å². The maximum absolute atomic E-state index is 12.3. The highest BCUT2D eigenvalue weighted by atomic mass is 16.7. The summed E-state index contributed by atoms with van der Waals surface area (Å²) in [7, 11) is 0. The number of amides is 2. The minimum atomic E-state index is -1.06.